The van der Waals surface area contributed by atoms with Crippen LogP contribution in [0.15, 0.2) is 18.2 Å². The highest BCUT2D eigenvalue weighted by Crippen LogP contribution is 2.29. The molecular formula is C12H15FN2. The minimum Gasteiger partial charge on any atom is -0.330 e. The Morgan fingerprint density at radius 1 is 1.53 bits per heavy atom. The number of hydrogen-bond donors (Lipinski definition) is 1. The fourth-order valence-electron chi connectivity index (χ4n) is 2.00. The van der Waals surface area contributed by atoms with Crippen LogP contribution in [-0.4, -0.2) is 12.4 Å². The summed E-state index contributed by atoms with van der Waals surface area (Å²) in [6.07, 6.45) is 2.64. The van der Waals surface area contributed by atoms with Crippen LogP contribution in [0.3, 0.4) is 0 Å². The Morgan fingerprint density at radius 3 is 3.07 bits per heavy atom. The number of rotatable bonds is 2. The molecule has 2 nitrogen and oxygen atoms in total. The Morgan fingerprint density at radius 2 is 2.33 bits per heavy atom. The van der Waals surface area contributed by atoms with Gasteiger partial charge in [-0.05, 0) is 30.5 Å². The van der Waals surface area contributed by atoms with Gasteiger partial charge in [0.05, 0.1) is 0 Å². The van der Waals surface area contributed by atoms with Gasteiger partial charge in [-0.2, -0.15) is 0 Å². The van der Waals surface area contributed by atoms with Gasteiger partial charge in [-0.25, -0.2) is 4.39 Å². The van der Waals surface area contributed by atoms with Crippen molar-refractivity contribution in [2.45, 2.75) is 26.2 Å². The van der Waals surface area contributed by atoms with Crippen molar-refractivity contribution in [2.24, 2.45) is 0 Å². The second-order valence-corrected chi connectivity index (χ2v) is 3.87. The number of hydrogen-bond acceptors (Lipinski definition) is 1. The maximum Gasteiger partial charge on any atom is 0.125 e. The summed E-state index contributed by atoms with van der Waals surface area (Å²) in [5, 5.41) is 7.89. The molecule has 2 rings (SSSR count). The topological polar surface area (TPSA) is 27.1 Å². The average molecular weight is 206 g/mol. The van der Waals surface area contributed by atoms with Gasteiger partial charge in [0, 0.05) is 18.7 Å². The van der Waals surface area contributed by atoms with Gasteiger partial charge >= 0.3 is 0 Å². The van der Waals surface area contributed by atoms with Crippen molar-refractivity contribution in [1.82, 2.24) is 0 Å². The first-order valence-corrected chi connectivity index (χ1v) is 5.35. The number of fused-ring (bicyclic) bond motifs is 1. The Balaban J connectivity index is 2.27. The van der Waals surface area contributed by atoms with Gasteiger partial charge in [-0.15, -0.1) is 0 Å². The Kier molecular flexibility index (Phi) is 2.71. The van der Waals surface area contributed by atoms with E-state index in [9.17, 15) is 4.39 Å². The molecule has 0 bridgehead atoms. The lowest BCUT2D eigenvalue weighted by molar-refractivity contribution is 0.628. The highest BCUT2D eigenvalue weighted by Gasteiger charge is 2.21. The largest absolute Gasteiger partial charge is 0.330 e. The van der Waals surface area contributed by atoms with E-state index in [1.165, 1.54) is 12.1 Å². The van der Waals surface area contributed by atoms with Crippen molar-refractivity contribution in [3.05, 3.63) is 29.6 Å². The van der Waals surface area contributed by atoms with Gasteiger partial charge < -0.3 is 4.90 Å². The summed E-state index contributed by atoms with van der Waals surface area (Å²) in [6, 6.07) is 4.85. The normalized spacial score (nSPS) is 14.1. The van der Waals surface area contributed by atoms with E-state index >= 15 is 0 Å². The monoisotopic (exact) mass is 206 g/mol. The Bertz CT molecular complexity index is 387. The Labute approximate surface area is 89.2 Å². The maximum atomic E-state index is 13.1. The van der Waals surface area contributed by atoms with Crippen molar-refractivity contribution in [3.8, 4) is 0 Å². The molecule has 0 unspecified atom stereocenters. The van der Waals surface area contributed by atoms with Crippen LogP contribution in [0.2, 0.25) is 0 Å². The van der Waals surface area contributed by atoms with Crippen LogP contribution in [0.1, 0.15) is 25.3 Å². The molecule has 15 heavy (non-hydrogen) atoms. The number of halogens is 1. The smallest absolute Gasteiger partial charge is 0.125 e. The summed E-state index contributed by atoms with van der Waals surface area (Å²) in [5.74, 6) is 0.381. The minimum absolute atomic E-state index is 0.218. The molecule has 0 aromatic heterocycles. The molecule has 80 valence electrons. The zero-order chi connectivity index (χ0) is 10.8. The van der Waals surface area contributed by atoms with E-state index in [2.05, 4.69) is 6.92 Å². The summed E-state index contributed by atoms with van der Waals surface area (Å²) in [5.41, 5.74) is 2.03. The maximum absolute atomic E-state index is 13.1. The van der Waals surface area contributed by atoms with Crippen LogP contribution >= 0.6 is 0 Å². The molecule has 0 fully saturated rings. The lowest BCUT2D eigenvalue weighted by Crippen LogP contribution is -2.27. The standard InChI is InChI=1S/C12H15FN2/c1-2-3-12(14)15-7-6-9-4-5-10(13)8-11(9)15/h4-5,8,14H,2-3,6-7H2,1H3. The molecule has 0 saturated carbocycles. The third kappa shape index (κ3) is 1.87. The Hall–Kier alpha value is -1.38. The van der Waals surface area contributed by atoms with Crippen LogP contribution in [0, 0.1) is 11.2 Å². The summed E-state index contributed by atoms with van der Waals surface area (Å²) < 4.78 is 13.1. The quantitative estimate of drug-likeness (QED) is 0.584. The van der Waals surface area contributed by atoms with E-state index in [4.69, 9.17) is 5.41 Å². The van der Waals surface area contributed by atoms with Gasteiger partial charge in [-0.1, -0.05) is 13.0 Å². The molecule has 0 amide bonds. The molecule has 3 heteroatoms. The van der Waals surface area contributed by atoms with Crippen LogP contribution in [-0.2, 0) is 6.42 Å². The van der Waals surface area contributed by atoms with Crippen molar-refractivity contribution in [1.29, 1.82) is 5.41 Å². The number of anilines is 1. The third-order valence-corrected chi connectivity index (χ3v) is 2.76. The van der Waals surface area contributed by atoms with Gasteiger partial charge in [-0.3, -0.25) is 5.41 Å². The van der Waals surface area contributed by atoms with Crippen LogP contribution in [0.5, 0.6) is 0 Å². The molecule has 1 aliphatic heterocycles. The second kappa shape index (κ2) is 4.01. The van der Waals surface area contributed by atoms with Crippen LogP contribution in [0.25, 0.3) is 0 Å². The second-order valence-electron chi connectivity index (χ2n) is 3.87. The van der Waals surface area contributed by atoms with Gasteiger partial charge in [0.15, 0.2) is 0 Å². The predicted octanol–water partition coefficient (Wildman–Crippen LogP) is 2.97. The zero-order valence-electron chi connectivity index (χ0n) is 8.89. The van der Waals surface area contributed by atoms with Crippen LogP contribution < -0.4 is 4.90 Å². The molecule has 0 spiro atoms. The fourth-order valence-corrected chi connectivity index (χ4v) is 2.00. The van der Waals surface area contributed by atoms with Gasteiger partial charge in [0.1, 0.15) is 11.7 Å². The lowest BCUT2D eigenvalue weighted by Gasteiger charge is -2.19. The van der Waals surface area contributed by atoms with Crippen molar-refractivity contribution < 1.29 is 4.39 Å². The molecule has 0 atom stereocenters. The highest BCUT2D eigenvalue weighted by molar-refractivity contribution is 5.97. The molecule has 0 aliphatic carbocycles. The zero-order valence-corrected chi connectivity index (χ0v) is 8.89. The molecule has 1 N–H and O–H groups in total. The number of benzene rings is 1. The first kappa shape index (κ1) is 10.1. The van der Waals surface area contributed by atoms with E-state index in [1.54, 1.807) is 0 Å². The number of nitrogens with zero attached hydrogens (tertiary/aromatic N) is 1. The summed E-state index contributed by atoms with van der Waals surface area (Å²) in [7, 11) is 0. The first-order valence-electron chi connectivity index (χ1n) is 5.35. The highest BCUT2D eigenvalue weighted by atomic mass is 19.1. The molecule has 1 aromatic rings. The van der Waals surface area contributed by atoms with E-state index in [1.807, 2.05) is 11.0 Å². The fraction of sp³-hybridized carbons (Fsp3) is 0.417. The van der Waals surface area contributed by atoms with Crippen molar-refractivity contribution in [2.75, 3.05) is 11.4 Å². The van der Waals surface area contributed by atoms with Gasteiger partial charge in [0.25, 0.3) is 0 Å². The van der Waals surface area contributed by atoms with Crippen molar-refractivity contribution >= 4 is 11.5 Å². The average Bonchev–Trinajstić information content (AvgIpc) is 2.60. The molecule has 1 aliphatic rings. The predicted molar refractivity (Wildman–Crippen MR) is 60.1 cm³/mol. The SMILES string of the molecule is CCCC(=N)N1CCc2ccc(F)cc21. The molecule has 0 radical (unpaired) electrons. The molecule has 0 saturated heterocycles. The number of nitrogens with one attached hydrogen (secondary N) is 1. The van der Waals surface area contributed by atoms with E-state index in [0.717, 1.165) is 37.1 Å². The van der Waals surface area contributed by atoms with E-state index in [-0.39, 0.29) is 5.82 Å². The third-order valence-electron chi connectivity index (χ3n) is 2.76. The molecule has 1 heterocycles. The van der Waals surface area contributed by atoms with E-state index in [0.29, 0.717) is 5.84 Å². The van der Waals surface area contributed by atoms with Gasteiger partial charge in [0.2, 0.25) is 0 Å². The summed E-state index contributed by atoms with van der Waals surface area (Å²) in [6.45, 7) is 2.87. The summed E-state index contributed by atoms with van der Waals surface area (Å²) >= 11 is 0. The molecule has 1 aromatic carbocycles. The first-order chi connectivity index (χ1) is 7.22. The number of amidine groups is 1. The van der Waals surface area contributed by atoms with Crippen molar-refractivity contribution in [3.63, 3.8) is 0 Å². The minimum atomic E-state index is -0.218. The van der Waals surface area contributed by atoms with E-state index < -0.39 is 0 Å². The lowest BCUT2D eigenvalue weighted by atomic mass is 10.1. The van der Waals surface area contributed by atoms with Crippen LogP contribution in [0.4, 0.5) is 10.1 Å². The molecular weight excluding hydrogens is 191 g/mol. The summed E-state index contributed by atoms with van der Waals surface area (Å²) in [4.78, 5) is 1.92.